The number of hydrogen-bond donors (Lipinski definition) is 1. The Morgan fingerprint density at radius 2 is 2.21 bits per heavy atom. The van der Waals surface area contributed by atoms with Crippen LogP contribution in [0.5, 0.6) is 5.75 Å². The number of aliphatic hydroxyl groups excluding tert-OH is 1. The van der Waals surface area contributed by atoms with Gasteiger partial charge in [0.05, 0.1) is 32.5 Å². The van der Waals surface area contributed by atoms with Crippen LogP contribution < -0.4 is 4.74 Å². The maximum atomic E-state index is 12.4. The summed E-state index contributed by atoms with van der Waals surface area (Å²) >= 11 is 3.34. The molecule has 1 heterocycles. The lowest BCUT2D eigenvalue weighted by molar-refractivity contribution is 0.0581. The minimum absolute atomic E-state index is 0.172. The molecule has 2 rings (SSSR count). The van der Waals surface area contributed by atoms with Gasteiger partial charge in [-0.3, -0.25) is 4.79 Å². The van der Waals surface area contributed by atoms with Gasteiger partial charge in [-0.15, -0.1) is 0 Å². The van der Waals surface area contributed by atoms with Gasteiger partial charge in [0.15, 0.2) is 0 Å². The summed E-state index contributed by atoms with van der Waals surface area (Å²) < 4.78 is 11.1. The van der Waals surface area contributed by atoms with E-state index in [0.717, 1.165) is 4.47 Å². The van der Waals surface area contributed by atoms with Crippen LogP contribution in [0.15, 0.2) is 22.7 Å². The Labute approximate surface area is 120 Å². The summed E-state index contributed by atoms with van der Waals surface area (Å²) in [7, 11) is 3.21. The van der Waals surface area contributed by atoms with Gasteiger partial charge >= 0.3 is 0 Å². The fraction of sp³-hybridized carbons (Fsp3) is 0.462. The number of likely N-dealkylation sites (N-methyl/N-ethyl adjacent to an activating group) is 1. The minimum Gasteiger partial charge on any atom is -0.497 e. The lowest BCUT2D eigenvalue weighted by Gasteiger charge is -2.26. The van der Waals surface area contributed by atoms with E-state index in [2.05, 4.69) is 15.9 Å². The molecule has 19 heavy (non-hydrogen) atoms. The summed E-state index contributed by atoms with van der Waals surface area (Å²) in [4.78, 5) is 13.9. The molecule has 0 saturated carbocycles. The Morgan fingerprint density at radius 1 is 1.47 bits per heavy atom. The maximum absolute atomic E-state index is 12.4. The SMILES string of the molecule is COc1cc(Br)cc(C(=O)N(C)[C@@H]2COC[C@H]2O)c1. The van der Waals surface area contributed by atoms with Crippen LogP contribution in [0.2, 0.25) is 0 Å². The Bertz CT molecular complexity index is 480. The zero-order valence-electron chi connectivity index (χ0n) is 10.8. The summed E-state index contributed by atoms with van der Waals surface area (Å²) in [6.45, 7) is 0.624. The first-order valence-corrected chi connectivity index (χ1v) is 6.69. The molecule has 0 unspecified atom stereocenters. The van der Waals surface area contributed by atoms with Crippen molar-refractivity contribution in [3.8, 4) is 5.75 Å². The molecule has 0 aliphatic carbocycles. The van der Waals surface area contributed by atoms with Crippen molar-refractivity contribution in [3.63, 3.8) is 0 Å². The molecule has 0 bridgehead atoms. The number of halogens is 1. The second kappa shape index (κ2) is 5.90. The Morgan fingerprint density at radius 3 is 2.79 bits per heavy atom. The predicted octanol–water partition coefficient (Wildman–Crippen LogP) is 1.29. The number of nitrogens with zero attached hydrogens (tertiary/aromatic N) is 1. The molecule has 1 saturated heterocycles. The highest BCUT2D eigenvalue weighted by Crippen LogP contribution is 2.23. The van der Waals surface area contributed by atoms with Crippen LogP contribution >= 0.6 is 15.9 Å². The van der Waals surface area contributed by atoms with Gasteiger partial charge in [-0.2, -0.15) is 0 Å². The molecule has 0 aromatic heterocycles. The summed E-state index contributed by atoms with van der Waals surface area (Å²) in [6.07, 6.45) is -0.636. The monoisotopic (exact) mass is 329 g/mol. The van der Waals surface area contributed by atoms with Gasteiger partial charge in [-0.1, -0.05) is 15.9 Å². The van der Waals surface area contributed by atoms with Crippen molar-refractivity contribution in [1.82, 2.24) is 4.90 Å². The van der Waals surface area contributed by atoms with Gasteiger partial charge in [0.1, 0.15) is 5.75 Å². The van der Waals surface area contributed by atoms with Crippen molar-refractivity contribution in [1.29, 1.82) is 0 Å². The molecule has 5 nitrogen and oxygen atoms in total. The largest absolute Gasteiger partial charge is 0.497 e. The highest BCUT2D eigenvalue weighted by atomic mass is 79.9. The zero-order chi connectivity index (χ0) is 14.0. The number of benzene rings is 1. The number of carbonyl (C=O) groups excluding carboxylic acids is 1. The van der Waals surface area contributed by atoms with E-state index in [0.29, 0.717) is 17.9 Å². The fourth-order valence-electron chi connectivity index (χ4n) is 2.06. The van der Waals surface area contributed by atoms with Gasteiger partial charge in [-0.25, -0.2) is 0 Å². The molecule has 1 aliphatic rings. The summed E-state index contributed by atoms with van der Waals surface area (Å²) in [5, 5.41) is 9.76. The normalized spacial score (nSPS) is 22.3. The maximum Gasteiger partial charge on any atom is 0.254 e. The van der Waals surface area contributed by atoms with E-state index < -0.39 is 6.10 Å². The van der Waals surface area contributed by atoms with Crippen LogP contribution in [-0.2, 0) is 4.74 Å². The Kier molecular flexibility index (Phi) is 4.44. The third kappa shape index (κ3) is 3.08. The van der Waals surface area contributed by atoms with Crippen LogP contribution in [0.3, 0.4) is 0 Å². The molecule has 1 N–H and O–H groups in total. The Balaban J connectivity index is 2.21. The molecule has 104 valence electrons. The number of amides is 1. The molecule has 1 aliphatic heterocycles. The summed E-state index contributed by atoms with van der Waals surface area (Å²) in [5.41, 5.74) is 0.507. The minimum atomic E-state index is -0.636. The van der Waals surface area contributed by atoms with E-state index in [1.165, 1.54) is 4.90 Å². The van der Waals surface area contributed by atoms with E-state index in [-0.39, 0.29) is 18.6 Å². The number of methoxy groups -OCH3 is 1. The van der Waals surface area contributed by atoms with E-state index in [1.807, 2.05) is 0 Å². The van der Waals surface area contributed by atoms with Crippen molar-refractivity contribution < 1.29 is 19.4 Å². The lowest BCUT2D eigenvalue weighted by atomic mass is 10.1. The first-order valence-electron chi connectivity index (χ1n) is 5.90. The molecule has 0 radical (unpaired) electrons. The zero-order valence-corrected chi connectivity index (χ0v) is 12.4. The number of ether oxygens (including phenoxy) is 2. The van der Waals surface area contributed by atoms with E-state index in [9.17, 15) is 9.90 Å². The summed E-state index contributed by atoms with van der Waals surface area (Å²) in [6, 6.07) is 4.87. The standard InChI is InChI=1S/C13H16BrNO4/c1-15(11-6-19-7-12(11)16)13(17)8-3-9(14)5-10(4-8)18-2/h3-5,11-12,16H,6-7H2,1-2H3/t11-,12-/m1/s1. The predicted molar refractivity (Wildman–Crippen MR) is 73.4 cm³/mol. The third-order valence-corrected chi connectivity index (χ3v) is 3.65. The van der Waals surface area contributed by atoms with Crippen molar-refractivity contribution in [2.45, 2.75) is 12.1 Å². The van der Waals surface area contributed by atoms with Gasteiger partial charge in [0.25, 0.3) is 5.91 Å². The highest BCUT2D eigenvalue weighted by Gasteiger charge is 2.32. The average molecular weight is 330 g/mol. The van der Waals surface area contributed by atoms with Crippen molar-refractivity contribution in [3.05, 3.63) is 28.2 Å². The van der Waals surface area contributed by atoms with Crippen LogP contribution in [0, 0.1) is 0 Å². The van der Waals surface area contributed by atoms with E-state index in [1.54, 1.807) is 32.4 Å². The quantitative estimate of drug-likeness (QED) is 0.907. The number of aliphatic hydroxyl groups is 1. The third-order valence-electron chi connectivity index (χ3n) is 3.19. The molecule has 1 amide bonds. The highest BCUT2D eigenvalue weighted by molar-refractivity contribution is 9.10. The fourth-order valence-corrected chi connectivity index (χ4v) is 2.53. The molecule has 6 heteroatoms. The molecule has 0 spiro atoms. The first kappa shape index (κ1) is 14.3. The van der Waals surface area contributed by atoms with Crippen molar-refractivity contribution in [2.24, 2.45) is 0 Å². The average Bonchev–Trinajstić information content (AvgIpc) is 2.82. The number of carbonyl (C=O) groups is 1. The second-order valence-corrected chi connectivity index (χ2v) is 5.38. The lowest BCUT2D eigenvalue weighted by Crippen LogP contribution is -2.44. The van der Waals surface area contributed by atoms with Crippen molar-refractivity contribution >= 4 is 21.8 Å². The topological polar surface area (TPSA) is 59.0 Å². The smallest absolute Gasteiger partial charge is 0.254 e. The van der Waals surface area contributed by atoms with Gasteiger partial charge in [0, 0.05) is 17.1 Å². The molecule has 1 aromatic carbocycles. The van der Waals surface area contributed by atoms with Crippen LogP contribution in [0.25, 0.3) is 0 Å². The summed E-state index contributed by atoms with van der Waals surface area (Å²) in [5.74, 6) is 0.434. The van der Waals surface area contributed by atoms with Gasteiger partial charge < -0.3 is 19.5 Å². The van der Waals surface area contributed by atoms with Crippen molar-refractivity contribution in [2.75, 3.05) is 27.4 Å². The molecular weight excluding hydrogens is 314 g/mol. The molecule has 2 atom stereocenters. The first-order chi connectivity index (χ1) is 9.02. The number of hydrogen-bond acceptors (Lipinski definition) is 4. The molecular formula is C13H16BrNO4. The molecule has 1 fully saturated rings. The van der Waals surface area contributed by atoms with Gasteiger partial charge in [0.2, 0.25) is 0 Å². The van der Waals surface area contributed by atoms with Crippen LogP contribution in [0.1, 0.15) is 10.4 Å². The Hall–Kier alpha value is -1.11. The number of rotatable bonds is 3. The van der Waals surface area contributed by atoms with E-state index >= 15 is 0 Å². The second-order valence-electron chi connectivity index (χ2n) is 4.47. The van der Waals surface area contributed by atoms with Crippen LogP contribution in [0.4, 0.5) is 0 Å². The van der Waals surface area contributed by atoms with Crippen LogP contribution in [-0.4, -0.2) is 55.4 Å². The van der Waals surface area contributed by atoms with E-state index in [4.69, 9.17) is 9.47 Å². The molecule has 1 aromatic rings. The van der Waals surface area contributed by atoms with Gasteiger partial charge in [-0.05, 0) is 18.2 Å².